The summed E-state index contributed by atoms with van der Waals surface area (Å²) in [4.78, 5) is 0. The molecule has 1 rings (SSSR count). The van der Waals surface area contributed by atoms with E-state index in [0.717, 1.165) is 19.3 Å². The predicted molar refractivity (Wildman–Crippen MR) is 70.2 cm³/mol. The Labute approximate surface area is 103 Å². The first-order chi connectivity index (χ1) is 8.15. The Hall–Kier alpha value is -1.06. The van der Waals surface area contributed by atoms with Gasteiger partial charge in [0.1, 0.15) is 5.75 Å². The van der Waals surface area contributed by atoms with E-state index < -0.39 is 0 Å². The third-order valence-corrected chi connectivity index (χ3v) is 3.04. The van der Waals surface area contributed by atoms with Crippen molar-refractivity contribution in [1.29, 1.82) is 0 Å². The van der Waals surface area contributed by atoms with Gasteiger partial charge in [0, 0.05) is 12.1 Å². The Kier molecular flexibility index (Phi) is 6.01. The smallest absolute Gasteiger partial charge is 0.115 e. The minimum atomic E-state index is 0.194. The first-order valence-corrected chi connectivity index (χ1v) is 6.30. The molecule has 2 unspecified atom stereocenters. The molecule has 3 nitrogen and oxygen atoms in total. The number of nitrogens with one attached hydrogen (secondary N) is 1. The van der Waals surface area contributed by atoms with Crippen molar-refractivity contribution in [3.05, 3.63) is 29.8 Å². The van der Waals surface area contributed by atoms with Gasteiger partial charge < -0.3 is 15.5 Å². The van der Waals surface area contributed by atoms with E-state index in [4.69, 9.17) is 5.11 Å². The number of phenols is 1. The lowest BCUT2D eigenvalue weighted by molar-refractivity contribution is 0.228. The molecule has 0 heterocycles. The van der Waals surface area contributed by atoms with Crippen LogP contribution in [-0.4, -0.2) is 28.9 Å². The molecule has 3 heteroatoms. The molecule has 3 N–H and O–H groups in total. The lowest BCUT2D eigenvalue weighted by Crippen LogP contribution is -2.38. The van der Waals surface area contributed by atoms with E-state index in [9.17, 15) is 5.11 Å². The minimum Gasteiger partial charge on any atom is -0.508 e. The fourth-order valence-corrected chi connectivity index (χ4v) is 1.83. The summed E-state index contributed by atoms with van der Waals surface area (Å²) >= 11 is 0. The number of hydrogen-bond donors (Lipinski definition) is 3. The number of hydrogen-bond acceptors (Lipinski definition) is 3. The van der Waals surface area contributed by atoms with E-state index in [1.165, 1.54) is 5.56 Å². The van der Waals surface area contributed by atoms with Crippen LogP contribution < -0.4 is 5.32 Å². The lowest BCUT2D eigenvalue weighted by atomic mass is 10.1. The van der Waals surface area contributed by atoms with Gasteiger partial charge in [-0.3, -0.25) is 0 Å². The quantitative estimate of drug-likeness (QED) is 0.680. The van der Waals surface area contributed by atoms with E-state index in [1.54, 1.807) is 12.1 Å². The van der Waals surface area contributed by atoms with Crippen LogP contribution in [0.2, 0.25) is 0 Å². The second kappa shape index (κ2) is 7.30. The number of phenolic OH excluding ortho intramolecular Hbond substituents is 1. The average molecular weight is 237 g/mol. The summed E-state index contributed by atoms with van der Waals surface area (Å²) in [6.07, 6.45) is 2.96. The molecule has 0 radical (unpaired) electrons. The predicted octanol–water partition coefficient (Wildman–Crippen LogP) is 2.07. The number of aliphatic hydroxyl groups excluding tert-OH is 1. The third-order valence-electron chi connectivity index (χ3n) is 3.04. The molecule has 0 spiro atoms. The van der Waals surface area contributed by atoms with Crippen molar-refractivity contribution in [2.45, 2.75) is 45.2 Å². The van der Waals surface area contributed by atoms with Gasteiger partial charge in [-0.25, -0.2) is 0 Å². The van der Waals surface area contributed by atoms with Crippen LogP contribution in [0.4, 0.5) is 0 Å². The average Bonchev–Trinajstić information content (AvgIpc) is 2.35. The molecular weight excluding hydrogens is 214 g/mol. The van der Waals surface area contributed by atoms with Gasteiger partial charge in [0.25, 0.3) is 0 Å². The molecule has 1 aromatic carbocycles. The summed E-state index contributed by atoms with van der Waals surface area (Å²) in [5.74, 6) is 0.311. The largest absolute Gasteiger partial charge is 0.508 e. The molecule has 0 fully saturated rings. The highest BCUT2D eigenvalue weighted by Crippen LogP contribution is 2.12. The van der Waals surface area contributed by atoms with E-state index in [1.807, 2.05) is 12.1 Å². The number of aryl methyl sites for hydroxylation is 1. The van der Waals surface area contributed by atoms with E-state index in [-0.39, 0.29) is 12.6 Å². The lowest BCUT2D eigenvalue weighted by Gasteiger charge is -2.20. The Balaban J connectivity index is 2.32. The second-order valence-corrected chi connectivity index (χ2v) is 4.56. The Morgan fingerprint density at radius 3 is 2.41 bits per heavy atom. The summed E-state index contributed by atoms with van der Waals surface area (Å²) < 4.78 is 0. The minimum absolute atomic E-state index is 0.194. The van der Waals surface area contributed by atoms with E-state index in [0.29, 0.717) is 11.8 Å². The van der Waals surface area contributed by atoms with Gasteiger partial charge in [-0.1, -0.05) is 19.1 Å². The molecular formula is C14H23NO2. The molecule has 2 atom stereocenters. The van der Waals surface area contributed by atoms with Crippen LogP contribution >= 0.6 is 0 Å². The van der Waals surface area contributed by atoms with Crippen LogP contribution in [-0.2, 0) is 6.42 Å². The fraction of sp³-hybridized carbons (Fsp3) is 0.571. The molecule has 0 bridgehead atoms. The number of rotatable bonds is 7. The zero-order valence-electron chi connectivity index (χ0n) is 10.7. The highest BCUT2D eigenvalue weighted by molar-refractivity contribution is 5.25. The van der Waals surface area contributed by atoms with Crippen LogP contribution in [0.25, 0.3) is 0 Å². The molecule has 17 heavy (non-hydrogen) atoms. The van der Waals surface area contributed by atoms with Gasteiger partial charge in [-0.05, 0) is 43.9 Å². The van der Waals surface area contributed by atoms with Crippen molar-refractivity contribution in [1.82, 2.24) is 5.32 Å². The number of benzene rings is 1. The molecule has 0 amide bonds. The third kappa shape index (κ3) is 5.20. The van der Waals surface area contributed by atoms with Crippen molar-refractivity contribution in [2.24, 2.45) is 0 Å². The Morgan fingerprint density at radius 1 is 1.24 bits per heavy atom. The van der Waals surface area contributed by atoms with E-state index in [2.05, 4.69) is 19.2 Å². The topological polar surface area (TPSA) is 52.5 Å². The maximum atomic E-state index is 9.18. The van der Waals surface area contributed by atoms with Crippen molar-refractivity contribution in [2.75, 3.05) is 6.61 Å². The van der Waals surface area contributed by atoms with Gasteiger partial charge in [0.2, 0.25) is 0 Å². The van der Waals surface area contributed by atoms with Crippen LogP contribution in [0.1, 0.15) is 32.3 Å². The highest BCUT2D eigenvalue weighted by atomic mass is 16.3. The fourth-order valence-electron chi connectivity index (χ4n) is 1.83. The molecule has 0 saturated carbocycles. The van der Waals surface area contributed by atoms with Gasteiger partial charge in [0.15, 0.2) is 0 Å². The summed E-state index contributed by atoms with van der Waals surface area (Å²) in [5, 5.41) is 21.7. The Bertz CT molecular complexity index is 307. The summed E-state index contributed by atoms with van der Waals surface area (Å²) in [7, 11) is 0. The molecule has 0 aromatic heterocycles. The molecule has 0 aliphatic heterocycles. The number of aromatic hydroxyl groups is 1. The van der Waals surface area contributed by atoms with Crippen molar-refractivity contribution < 1.29 is 10.2 Å². The van der Waals surface area contributed by atoms with Crippen molar-refractivity contribution >= 4 is 0 Å². The van der Waals surface area contributed by atoms with Crippen molar-refractivity contribution in [3.63, 3.8) is 0 Å². The Morgan fingerprint density at radius 2 is 1.88 bits per heavy atom. The number of aliphatic hydroxyl groups is 1. The van der Waals surface area contributed by atoms with Gasteiger partial charge in [0.05, 0.1) is 6.61 Å². The highest BCUT2D eigenvalue weighted by Gasteiger charge is 2.08. The van der Waals surface area contributed by atoms with Gasteiger partial charge in [-0.2, -0.15) is 0 Å². The second-order valence-electron chi connectivity index (χ2n) is 4.56. The molecule has 96 valence electrons. The normalized spacial score (nSPS) is 14.5. The SMILES string of the molecule is CCC(CO)NC(C)CCc1ccc(O)cc1. The molecule has 0 aliphatic carbocycles. The molecule has 0 aliphatic rings. The first-order valence-electron chi connectivity index (χ1n) is 6.30. The zero-order valence-corrected chi connectivity index (χ0v) is 10.7. The molecule has 1 aromatic rings. The van der Waals surface area contributed by atoms with Crippen LogP contribution in [0, 0.1) is 0 Å². The first kappa shape index (κ1) is 14.0. The van der Waals surface area contributed by atoms with Crippen molar-refractivity contribution in [3.8, 4) is 5.75 Å². The van der Waals surface area contributed by atoms with E-state index >= 15 is 0 Å². The summed E-state index contributed by atoms with van der Waals surface area (Å²) in [5.41, 5.74) is 1.23. The van der Waals surface area contributed by atoms with Gasteiger partial charge >= 0.3 is 0 Å². The van der Waals surface area contributed by atoms with Gasteiger partial charge in [-0.15, -0.1) is 0 Å². The van der Waals surface area contributed by atoms with Crippen LogP contribution in [0.3, 0.4) is 0 Å². The summed E-state index contributed by atoms with van der Waals surface area (Å²) in [6, 6.07) is 7.92. The molecule has 0 saturated heterocycles. The maximum absolute atomic E-state index is 9.18. The standard InChI is InChI=1S/C14H23NO2/c1-3-13(10-16)15-11(2)4-5-12-6-8-14(17)9-7-12/h6-9,11,13,15-17H,3-5,10H2,1-2H3. The van der Waals surface area contributed by atoms with Crippen LogP contribution in [0.15, 0.2) is 24.3 Å². The summed E-state index contributed by atoms with van der Waals surface area (Å²) in [6.45, 7) is 4.40. The zero-order chi connectivity index (χ0) is 12.7. The maximum Gasteiger partial charge on any atom is 0.115 e. The van der Waals surface area contributed by atoms with Crippen LogP contribution in [0.5, 0.6) is 5.75 Å². The monoisotopic (exact) mass is 237 g/mol.